The van der Waals surface area contributed by atoms with Crippen LogP contribution in [0.5, 0.6) is 0 Å². The van der Waals surface area contributed by atoms with Crippen LogP contribution in [0.2, 0.25) is 0 Å². The van der Waals surface area contributed by atoms with E-state index >= 15 is 0 Å². The molecule has 2 aromatic heterocycles. The largest absolute Gasteiger partial charge is 0.265 e. The summed E-state index contributed by atoms with van der Waals surface area (Å²) in [6.45, 7) is 3.80. The van der Waals surface area contributed by atoms with E-state index in [1.807, 2.05) is 44.2 Å². The highest BCUT2D eigenvalue weighted by molar-refractivity contribution is 7.91. The number of aryl methyl sites for hydroxylation is 1. The summed E-state index contributed by atoms with van der Waals surface area (Å²) in [5.74, 6) is 0.331. The van der Waals surface area contributed by atoms with Crippen molar-refractivity contribution in [2.45, 2.75) is 26.3 Å². The van der Waals surface area contributed by atoms with Gasteiger partial charge in [-0.25, -0.2) is 13.4 Å². The second-order valence-corrected chi connectivity index (χ2v) is 10.0. The van der Waals surface area contributed by atoms with Gasteiger partial charge in [0.05, 0.1) is 39.0 Å². The molecule has 4 rings (SSSR count). The fourth-order valence-corrected chi connectivity index (χ4v) is 6.11. The first-order valence-corrected chi connectivity index (χ1v) is 11.3. The Kier molecular flexibility index (Phi) is 4.36. The Morgan fingerprint density at radius 1 is 1.37 bits per heavy atom. The van der Waals surface area contributed by atoms with E-state index in [4.69, 9.17) is 0 Å². The third-order valence-corrected chi connectivity index (χ3v) is 7.69. The molecule has 1 atom stereocenters. The predicted octanol–water partition coefficient (Wildman–Crippen LogP) is 3.53. The number of hydrogen-bond donors (Lipinski definition) is 0. The van der Waals surface area contributed by atoms with Crippen LogP contribution in [0, 0.1) is 25.2 Å². The third kappa shape index (κ3) is 3.29. The summed E-state index contributed by atoms with van der Waals surface area (Å²) in [5.41, 5.74) is 3.88. The number of nitriles is 1. The van der Waals surface area contributed by atoms with Gasteiger partial charge in [0.15, 0.2) is 9.84 Å². The van der Waals surface area contributed by atoms with Crippen LogP contribution >= 0.6 is 11.3 Å². The number of para-hydroxylation sites is 1. The van der Waals surface area contributed by atoms with Gasteiger partial charge >= 0.3 is 0 Å². The number of fused-ring (bicyclic) bond motifs is 1. The molecular weight excluding hydrogens is 380 g/mol. The van der Waals surface area contributed by atoms with Crippen LogP contribution in [0.15, 0.2) is 24.3 Å². The summed E-state index contributed by atoms with van der Waals surface area (Å²) in [6, 6.07) is 9.91. The van der Waals surface area contributed by atoms with E-state index in [0.29, 0.717) is 17.0 Å². The Bertz CT molecular complexity index is 1180. The van der Waals surface area contributed by atoms with Crippen LogP contribution in [0.25, 0.3) is 21.9 Å². The molecule has 6 nitrogen and oxygen atoms in total. The maximum absolute atomic E-state index is 11.8. The number of allylic oxidation sites excluding steroid dienone is 1. The van der Waals surface area contributed by atoms with E-state index < -0.39 is 9.84 Å². The first-order chi connectivity index (χ1) is 12.9. The number of hydrogen-bond acceptors (Lipinski definition) is 6. The van der Waals surface area contributed by atoms with Gasteiger partial charge in [-0.1, -0.05) is 12.1 Å². The van der Waals surface area contributed by atoms with Crippen LogP contribution in [-0.2, 0) is 9.84 Å². The number of thiazole rings is 1. The predicted molar refractivity (Wildman–Crippen MR) is 107 cm³/mol. The molecule has 0 spiro atoms. The van der Waals surface area contributed by atoms with Gasteiger partial charge in [-0.3, -0.25) is 4.68 Å². The summed E-state index contributed by atoms with van der Waals surface area (Å²) in [5, 5.41) is 14.9. The Hall–Kier alpha value is -2.50. The van der Waals surface area contributed by atoms with Crippen LogP contribution in [-0.4, -0.2) is 34.7 Å². The molecule has 0 aliphatic carbocycles. The second-order valence-electron chi connectivity index (χ2n) is 6.74. The minimum Gasteiger partial charge on any atom is -0.265 e. The van der Waals surface area contributed by atoms with E-state index in [1.54, 1.807) is 4.68 Å². The summed E-state index contributed by atoms with van der Waals surface area (Å²) < 4.78 is 26.5. The molecule has 138 valence electrons. The molecule has 27 heavy (non-hydrogen) atoms. The molecule has 0 unspecified atom stereocenters. The topological polar surface area (TPSA) is 88.6 Å². The fraction of sp³-hybridized carbons (Fsp3) is 0.316. The quantitative estimate of drug-likeness (QED) is 0.630. The number of benzene rings is 1. The zero-order chi connectivity index (χ0) is 19.2. The lowest BCUT2D eigenvalue weighted by Crippen LogP contribution is -2.13. The highest BCUT2D eigenvalue weighted by Gasteiger charge is 2.31. The average Bonchev–Trinajstić information content (AvgIpc) is 3.29. The number of rotatable bonds is 3. The van der Waals surface area contributed by atoms with Crippen LogP contribution in [0.4, 0.5) is 0 Å². The van der Waals surface area contributed by atoms with E-state index in [2.05, 4.69) is 16.2 Å². The zero-order valence-corrected chi connectivity index (χ0v) is 16.6. The van der Waals surface area contributed by atoms with E-state index in [-0.39, 0.29) is 17.5 Å². The van der Waals surface area contributed by atoms with Crippen molar-refractivity contribution >= 4 is 43.0 Å². The second kappa shape index (κ2) is 6.59. The van der Waals surface area contributed by atoms with Gasteiger partial charge in [0, 0.05) is 11.3 Å². The third-order valence-electron chi connectivity index (χ3n) is 4.87. The molecule has 0 saturated carbocycles. The standard InChI is InChI=1S/C19H18N4O2S2/c1-12-16(13(2)23(22-12)15-7-8-27(24,25)11-15)9-14(10-20)19-21-17-5-3-4-6-18(17)26-19/h3-6,9,15H,7-8,11H2,1-2H3/b14-9+/t15-/m1/s1. The van der Waals surface area contributed by atoms with E-state index in [0.717, 1.165) is 27.2 Å². The Labute approximate surface area is 161 Å². The van der Waals surface area contributed by atoms with E-state index in [9.17, 15) is 13.7 Å². The van der Waals surface area contributed by atoms with Crippen LogP contribution in [0.3, 0.4) is 0 Å². The smallest absolute Gasteiger partial charge is 0.152 e. The number of nitrogens with zero attached hydrogens (tertiary/aromatic N) is 4. The van der Waals surface area contributed by atoms with Crippen molar-refractivity contribution in [3.8, 4) is 6.07 Å². The SMILES string of the molecule is Cc1nn([C@@H]2CCS(=O)(=O)C2)c(C)c1/C=C(\C#N)c1nc2ccccc2s1. The molecule has 8 heteroatoms. The Morgan fingerprint density at radius 3 is 2.81 bits per heavy atom. The van der Waals surface area contributed by atoms with Gasteiger partial charge in [-0.05, 0) is 38.5 Å². The molecular formula is C19H18N4O2S2. The lowest BCUT2D eigenvalue weighted by atomic mass is 10.1. The molecule has 3 heterocycles. The van der Waals surface area contributed by atoms with Gasteiger partial charge < -0.3 is 0 Å². The highest BCUT2D eigenvalue weighted by Crippen LogP contribution is 2.31. The normalized spacial score (nSPS) is 19.4. The summed E-state index contributed by atoms with van der Waals surface area (Å²) in [6.07, 6.45) is 2.39. The molecule has 0 amide bonds. The molecule has 1 aliphatic heterocycles. The van der Waals surface area contributed by atoms with Crippen molar-refractivity contribution in [1.29, 1.82) is 5.26 Å². The lowest BCUT2D eigenvalue weighted by Gasteiger charge is -2.11. The van der Waals surface area contributed by atoms with Gasteiger partial charge in [-0.15, -0.1) is 11.3 Å². The Morgan fingerprint density at radius 2 is 2.15 bits per heavy atom. The van der Waals surface area contributed by atoms with Crippen molar-refractivity contribution in [3.63, 3.8) is 0 Å². The first-order valence-electron chi connectivity index (χ1n) is 8.62. The molecule has 1 saturated heterocycles. The maximum Gasteiger partial charge on any atom is 0.152 e. The Balaban J connectivity index is 1.75. The van der Waals surface area contributed by atoms with Crippen molar-refractivity contribution in [3.05, 3.63) is 46.2 Å². The molecule has 1 aromatic carbocycles. The molecule has 3 aromatic rings. The molecule has 0 radical (unpaired) electrons. The van der Waals surface area contributed by atoms with Gasteiger partial charge in [-0.2, -0.15) is 10.4 Å². The van der Waals surface area contributed by atoms with Gasteiger partial charge in [0.2, 0.25) is 0 Å². The first kappa shape index (κ1) is 17.9. The molecule has 0 N–H and O–H groups in total. The van der Waals surface area contributed by atoms with Crippen LogP contribution in [0.1, 0.15) is 34.4 Å². The van der Waals surface area contributed by atoms with Gasteiger partial charge in [0.25, 0.3) is 0 Å². The van der Waals surface area contributed by atoms with E-state index in [1.165, 1.54) is 11.3 Å². The number of sulfone groups is 1. The average molecular weight is 399 g/mol. The lowest BCUT2D eigenvalue weighted by molar-refractivity contribution is 0.486. The summed E-state index contributed by atoms with van der Waals surface area (Å²) in [4.78, 5) is 4.56. The van der Waals surface area contributed by atoms with Crippen LogP contribution < -0.4 is 0 Å². The fourth-order valence-electron chi connectivity index (χ4n) is 3.48. The van der Waals surface area contributed by atoms with Crippen molar-refractivity contribution < 1.29 is 8.42 Å². The molecule has 1 aliphatic rings. The molecule has 1 fully saturated rings. The van der Waals surface area contributed by atoms with Crippen molar-refractivity contribution in [2.24, 2.45) is 0 Å². The minimum atomic E-state index is -2.99. The summed E-state index contributed by atoms with van der Waals surface area (Å²) >= 11 is 1.48. The maximum atomic E-state index is 11.8. The van der Waals surface area contributed by atoms with Gasteiger partial charge in [0.1, 0.15) is 11.1 Å². The van der Waals surface area contributed by atoms with Crippen molar-refractivity contribution in [2.75, 3.05) is 11.5 Å². The van der Waals surface area contributed by atoms with Crippen molar-refractivity contribution in [1.82, 2.24) is 14.8 Å². The minimum absolute atomic E-state index is 0.126. The monoisotopic (exact) mass is 398 g/mol. The highest BCUT2D eigenvalue weighted by atomic mass is 32.2. The molecule has 0 bridgehead atoms. The number of aromatic nitrogens is 3. The zero-order valence-electron chi connectivity index (χ0n) is 15.0. The summed E-state index contributed by atoms with van der Waals surface area (Å²) in [7, 11) is -2.99.